The molecule has 2 aromatic rings. The van der Waals surface area contributed by atoms with E-state index in [0.717, 1.165) is 36.8 Å². The lowest BCUT2D eigenvalue weighted by atomic mass is 10.1. The number of carbonyl (C=O) groups is 2. The number of hydrogen-bond donors (Lipinski definition) is 0. The van der Waals surface area contributed by atoms with Gasteiger partial charge in [0, 0.05) is 0 Å². The standard InChI is InChI=1S/C29H36O6/c1-5-7-17-34-26-15-11-22(19-28(26)32-3)9-13-24(30)21-25(31)14-10-23-12-16-27(29(20-23)33-4)35-18-8-6-2/h9-16,19-20H,5-8,17-18,21H2,1-4H3/b13-9+,14-10+. The number of rotatable bonds is 16. The van der Waals surface area contributed by atoms with E-state index < -0.39 is 0 Å². The maximum atomic E-state index is 12.3. The number of hydrogen-bond acceptors (Lipinski definition) is 6. The van der Waals surface area contributed by atoms with Crippen molar-refractivity contribution in [1.29, 1.82) is 0 Å². The van der Waals surface area contributed by atoms with Gasteiger partial charge in [-0.2, -0.15) is 0 Å². The third kappa shape index (κ3) is 9.69. The monoisotopic (exact) mass is 480 g/mol. The molecule has 0 aliphatic heterocycles. The molecule has 0 unspecified atom stereocenters. The van der Waals surface area contributed by atoms with E-state index in [2.05, 4.69) is 13.8 Å². The first-order valence-electron chi connectivity index (χ1n) is 12.0. The van der Waals surface area contributed by atoms with Gasteiger partial charge < -0.3 is 18.9 Å². The minimum absolute atomic E-state index is 0.211. The van der Waals surface area contributed by atoms with Crippen LogP contribution >= 0.6 is 0 Å². The zero-order chi connectivity index (χ0) is 25.5. The summed E-state index contributed by atoms with van der Waals surface area (Å²) in [7, 11) is 3.16. The maximum Gasteiger partial charge on any atom is 0.163 e. The minimum atomic E-state index is -0.279. The lowest BCUT2D eigenvalue weighted by Crippen LogP contribution is -2.02. The van der Waals surface area contributed by atoms with Gasteiger partial charge in [-0.25, -0.2) is 0 Å². The van der Waals surface area contributed by atoms with Crippen LogP contribution in [0.1, 0.15) is 57.1 Å². The molecule has 0 aliphatic rings. The van der Waals surface area contributed by atoms with Crippen LogP contribution in [0.3, 0.4) is 0 Å². The summed E-state index contributed by atoms with van der Waals surface area (Å²) >= 11 is 0. The van der Waals surface area contributed by atoms with Crippen molar-refractivity contribution in [3.8, 4) is 23.0 Å². The third-order valence-electron chi connectivity index (χ3n) is 5.16. The molecule has 0 aromatic heterocycles. The number of unbranched alkanes of at least 4 members (excludes halogenated alkanes) is 2. The topological polar surface area (TPSA) is 71.1 Å². The molecule has 0 bridgehead atoms. The summed E-state index contributed by atoms with van der Waals surface area (Å²) in [6, 6.07) is 10.9. The number of allylic oxidation sites excluding steroid dienone is 2. The molecule has 0 heterocycles. The summed E-state index contributed by atoms with van der Waals surface area (Å²) in [5.41, 5.74) is 1.57. The van der Waals surface area contributed by atoms with Gasteiger partial charge in [0.25, 0.3) is 0 Å². The lowest BCUT2D eigenvalue weighted by molar-refractivity contribution is -0.121. The predicted molar refractivity (Wildman–Crippen MR) is 139 cm³/mol. The van der Waals surface area contributed by atoms with Gasteiger partial charge in [-0.05, 0) is 60.4 Å². The van der Waals surface area contributed by atoms with E-state index in [-0.39, 0.29) is 18.0 Å². The molecule has 6 heteroatoms. The summed E-state index contributed by atoms with van der Waals surface area (Å²) in [5.74, 6) is 1.99. The molecular weight excluding hydrogens is 444 g/mol. The molecule has 0 saturated carbocycles. The van der Waals surface area contributed by atoms with Crippen molar-refractivity contribution in [1.82, 2.24) is 0 Å². The van der Waals surface area contributed by atoms with Crippen LogP contribution in [-0.2, 0) is 9.59 Å². The Hall–Kier alpha value is -3.54. The van der Waals surface area contributed by atoms with Crippen LogP contribution in [0.15, 0.2) is 48.6 Å². The average Bonchev–Trinajstić information content (AvgIpc) is 2.87. The van der Waals surface area contributed by atoms with Gasteiger partial charge >= 0.3 is 0 Å². The Morgan fingerprint density at radius 2 is 1.11 bits per heavy atom. The molecule has 6 nitrogen and oxygen atoms in total. The maximum absolute atomic E-state index is 12.3. The molecular formula is C29H36O6. The smallest absolute Gasteiger partial charge is 0.163 e. The van der Waals surface area contributed by atoms with Crippen molar-refractivity contribution < 1.29 is 28.5 Å². The summed E-state index contributed by atoms with van der Waals surface area (Å²) < 4.78 is 22.2. The van der Waals surface area contributed by atoms with Crippen LogP contribution in [0.5, 0.6) is 23.0 Å². The summed E-state index contributed by atoms with van der Waals surface area (Å²) in [6.07, 6.45) is 9.97. The largest absolute Gasteiger partial charge is 0.493 e. The molecule has 2 aromatic carbocycles. The molecule has 0 N–H and O–H groups in total. The zero-order valence-corrected chi connectivity index (χ0v) is 21.2. The second-order valence-electron chi connectivity index (χ2n) is 8.00. The highest BCUT2D eigenvalue weighted by atomic mass is 16.5. The van der Waals surface area contributed by atoms with E-state index in [9.17, 15) is 9.59 Å². The third-order valence-corrected chi connectivity index (χ3v) is 5.16. The van der Waals surface area contributed by atoms with Crippen molar-refractivity contribution in [3.63, 3.8) is 0 Å². The van der Waals surface area contributed by atoms with Crippen LogP contribution in [0.25, 0.3) is 12.2 Å². The van der Waals surface area contributed by atoms with Crippen LogP contribution in [0, 0.1) is 0 Å². The summed E-state index contributed by atoms with van der Waals surface area (Å²) in [5, 5.41) is 0. The number of methoxy groups -OCH3 is 2. The Balaban J connectivity index is 1.93. The van der Waals surface area contributed by atoms with E-state index in [0.29, 0.717) is 36.2 Å². The van der Waals surface area contributed by atoms with Crippen molar-refractivity contribution in [2.24, 2.45) is 0 Å². The second-order valence-corrected chi connectivity index (χ2v) is 8.00. The lowest BCUT2D eigenvalue weighted by Gasteiger charge is -2.11. The van der Waals surface area contributed by atoms with Crippen molar-refractivity contribution in [2.45, 2.75) is 46.0 Å². The fourth-order valence-corrected chi connectivity index (χ4v) is 3.14. The molecule has 0 atom stereocenters. The van der Waals surface area contributed by atoms with Crippen molar-refractivity contribution >= 4 is 23.7 Å². The highest BCUT2D eigenvalue weighted by Gasteiger charge is 2.08. The molecule has 2 rings (SSSR count). The molecule has 188 valence electrons. The van der Waals surface area contributed by atoms with Crippen LogP contribution in [0.4, 0.5) is 0 Å². The Morgan fingerprint density at radius 3 is 1.49 bits per heavy atom. The molecule has 0 radical (unpaired) electrons. The Labute approximate surface area is 208 Å². The first-order valence-corrected chi connectivity index (χ1v) is 12.0. The van der Waals surface area contributed by atoms with Gasteiger partial charge in [0.05, 0.1) is 33.9 Å². The Bertz CT molecular complexity index is 940. The quantitative estimate of drug-likeness (QED) is 0.159. The Kier molecular flexibility index (Phi) is 12.2. The van der Waals surface area contributed by atoms with Gasteiger partial charge in [0.15, 0.2) is 34.6 Å². The molecule has 0 spiro atoms. The van der Waals surface area contributed by atoms with E-state index in [1.807, 2.05) is 24.3 Å². The first-order chi connectivity index (χ1) is 17.0. The Morgan fingerprint density at radius 1 is 0.686 bits per heavy atom. The van der Waals surface area contributed by atoms with Gasteiger partial charge in [-0.15, -0.1) is 0 Å². The fraction of sp³-hybridized carbons (Fsp3) is 0.379. The average molecular weight is 481 g/mol. The fourth-order valence-electron chi connectivity index (χ4n) is 3.14. The molecule has 0 aliphatic carbocycles. The summed E-state index contributed by atoms with van der Waals surface area (Å²) in [4.78, 5) is 24.5. The van der Waals surface area contributed by atoms with Gasteiger partial charge in [0.1, 0.15) is 0 Å². The van der Waals surface area contributed by atoms with E-state index >= 15 is 0 Å². The highest BCUT2D eigenvalue weighted by Crippen LogP contribution is 2.29. The van der Waals surface area contributed by atoms with E-state index in [1.54, 1.807) is 38.5 Å². The van der Waals surface area contributed by atoms with Crippen LogP contribution in [-0.4, -0.2) is 39.0 Å². The molecule has 0 saturated heterocycles. The second kappa shape index (κ2) is 15.4. The highest BCUT2D eigenvalue weighted by molar-refractivity contribution is 6.10. The van der Waals surface area contributed by atoms with Crippen molar-refractivity contribution in [2.75, 3.05) is 27.4 Å². The zero-order valence-electron chi connectivity index (χ0n) is 21.2. The van der Waals surface area contributed by atoms with E-state index in [1.165, 1.54) is 12.2 Å². The number of ketones is 2. The van der Waals surface area contributed by atoms with E-state index in [4.69, 9.17) is 18.9 Å². The van der Waals surface area contributed by atoms with Gasteiger partial charge in [0.2, 0.25) is 0 Å². The number of benzene rings is 2. The number of carbonyl (C=O) groups excluding carboxylic acids is 2. The molecule has 35 heavy (non-hydrogen) atoms. The minimum Gasteiger partial charge on any atom is -0.493 e. The number of ether oxygens (including phenoxy) is 4. The summed E-state index contributed by atoms with van der Waals surface area (Å²) in [6.45, 7) is 5.45. The normalized spacial score (nSPS) is 11.1. The van der Waals surface area contributed by atoms with Crippen LogP contribution < -0.4 is 18.9 Å². The molecule has 0 fully saturated rings. The van der Waals surface area contributed by atoms with Crippen LogP contribution in [0.2, 0.25) is 0 Å². The van der Waals surface area contributed by atoms with Crippen molar-refractivity contribution in [3.05, 3.63) is 59.7 Å². The predicted octanol–water partition coefficient (Wildman–Crippen LogP) is 6.32. The molecule has 0 amide bonds. The van der Waals surface area contributed by atoms with Gasteiger partial charge in [-0.1, -0.05) is 51.0 Å². The van der Waals surface area contributed by atoms with Gasteiger partial charge in [-0.3, -0.25) is 9.59 Å². The first kappa shape index (κ1) is 27.7. The SMILES string of the molecule is CCCCOc1ccc(/C=C/C(=O)CC(=O)/C=C/c2ccc(OCCCC)c(OC)c2)cc1OC.